The molecule has 0 atom stereocenters. The van der Waals surface area contributed by atoms with Crippen molar-refractivity contribution in [3.05, 3.63) is 101 Å². The van der Waals surface area contributed by atoms with E-state index >= 15 is 4.39 Å². The molecule has 1 aliphatic rings. The van der Waals surface area contributed by atoms with Crippen molar-refractivity contribution >= 4 is 17.0 Å². The zero-order valence-corrected chi connectivity index (χ0v) is 26.5. The highest BCUT2D eigenvalue weighted by molar-refractivity contribution is 5.78. The molecule has 0 unspecified atom stereocenters. The standard InChI is InChI=1S/C35H35F2N7O4/c1-2-43-22-39-18-26(43)19-44-30-16-23(7-9-34(45)46)14-29(37)35(30)41-32(44)20-42-12-10-27(11-13-42)48-33-5-3-4-25(40-33)21-47-31-8-6-24(17-38)15-28(31)36/h3-6,8,14-16,18,22,27H,2,7,9-13,19-21H2,1H3,(H,45,46). The minimum Gasteiger partial charge on any atom is -0.484 e. The van der Waals surface area contributed by atoms with E-state index < -0.39 is 17.6 Å². The molecule has 0 bridgehead atoms. The number of hydrogen-bond donors (Lipinski definition) is 1. The SMILES string of the molecule is CCn1cncc1Cn1c(CN2CCC(Oc3cccc(COc4ccc(C#N)cc4F)n3)CC2)nc2c(F)cc(CCC(=O)O)cc21. The summed E-state index contributed by atoms with van der Waals surface area (Å²) in [4.78, 5) is 27.0. The Morgan fingerprint density at radius 3 is 2.67 bits per heavy atom. The number of aliphatic carboxylic acids is 1. The molecule has 13 heteroatoms. The van der Waals surface area contributed by atoms with Crippen molar-refractivity contribution in [1.29, 1.82) is 5.26 Å². The summed E-state index contributed by atoms with van der Waals surface area (Å²) in [5.74, 6) is -0.791. The van der Waals surface area contributed by atoms with Gasteiger partial charge in [-0.1, -0.05) is 6.07 Å². The number of aromatic nitrogens is 5. The van der Waals surface area contributed by atoms with Crippen molar-refractivity contribution in [3.63, 3.8) is 0 Å². The van der Waals surface area contributed by atoms with Crippen LogP contribution in [0.15, 0.2) is 61.1 Å². The first-order chi connectivity index (χ1) is 23.3. The Morgan fingerprint density at radius 1 is 1.08 bits per heavy atom. The van der Waals surface area contributed by atoms with Crippen LogP contribution in [0.1, 0.15) is 54.5 Å². The highest BCUT2D eigenvalue weighted by Gasteiger charge is 2.24. The minimum absolute atomic E-state index is 0.0418. The number of benzene rings is 2. The van der Waals surface area contributed by atoms with Gasteiger partial charge in [0.15, 0.2) is 17.4 Å². The highest BCUT2D eigenvalue weighted by atomic mass is 19.1. The van der Waals surface area contributed by atoms with Crippen molar-refractivity contribution in [2.75, 3.05) is 13.1 Å². The fourth-order valence-corrected chi connectivity index (χ4v) is 5.90. The van der Waals surface area contributed by atoms with E-state index in [-0.39, 0.29) is 42.4 Å². The largest absolute Gasteiger partial charge is 0.484 e. The number of likely N-dealkylation sites (tertiary alicyclic amines) is 1. The maximum Gasteiger partial charge on any atom is 0.303 e. The number of halogens is 2. The third kappa shape index (κ3) is 7.61. The first-order valence-electron chi connectivity index (χ1n) is 15.8. The number of hydrogen-bond acceptors (Lipinski definition) is 8. The molecule has 0 amide bonds. The first-order valence-corrected chi connectivity index (χ1v) is 15.8. The van der Waals surface area contributed by atoms with Gasteiger partial charge in [-0.15, -0.1) is 0 Å². The molecule has 2 aromatic carbocycles. The molecular formula is C35H35F2N7O4. The van der Waals surface area contributed by atoms with Gasteiger partial charge in [-0.05, 0) is 68.1 Å². The molecule has 0 saturated carbocycles. The van der Waals surface area contributed by atoms with Gasteiger partial charge in [-0.25, -0.2) is 23.7 Å². The normalized spacial score (nSPS) is 13.9. The Bertz CT molecular complexity index is 1960. The third-order valence-electron chi connectivity index (χ3n) is 8.44. The summed E-state index contributed by atoms with van der Waals surface area (Å²) in [6, 6.07) is 14.5. The fourth-order valence-electron chi connectivity index (χ4n) is 5.90. The van der Waals surface area contributed by atoms with Crippen LogP contribution in [0.5, 0.6) is 11.6 Å². The number of nitrogens with zero attached hydrogens (tertiary/aromatic N) is 7. The summed E-state index contributed by atoms with van der Waals surface area (Å²) in [6.45, 7) is 5.23. The maximum atomic E-state index is 15.3. The summed E-state index contributed by atoms with van der Waals surface area (Å²) in [7, 11) is 0. The van der Waals surface area contributed by atoms with Crippen molar-refractivity contribution in [1.82, 2.24) is 29.0 Å². The average molecular weight is 656 g/mol. The van der Waals surface area contributed by atoms with Crippen LogP contribution >= 0.6 is 0 Å². The topological polar surface area (TPSA) is 131 Å². The zero-order chi connectivity index (χ0) is 33.6. The number of fused-ring (bicyclic) bond motifs is 1. The number of nitriles is 1. The Hall–Kier alpha value is -5.35. The molecule has 6 rings (SSSR count). The molecule has 1 saturated heterocycles. The molecule has 3 aromatic heterocycles. The summed E-state index contributed by atoms with van der Waals surface area (Å²) in [6.07, 6.45) is 5.14. The Morgan fingerprint density at radius 2 is 1.92 bits per heavy atom. The van der Waals surface area contributed by atoms with Crippen LogP contribution in [0.25, 0.3) is 11.0 Å². The minimum atomic E-state index is -0.933. The second-order valence-corrected chi connectivity index (χ2v) is 11.7. The lowest BCUT2D eigenvalue weighted by Gasteiger charge is -2.31. The monoisotopic (exact) mass is 655 g/mol. The Balaban J connectivity index is 1.11. The third-order valence-corrected chi connectivity index (χ3v) is 8.44. The van der Waals surface area contributed by atoms with Gasteiger partial charge in [-0.2, -0.15) is 5.26 Å². The van der Waals surface area contributed by atoms with Gasteiger partial charge in [-0.3, -0.25) is 9.69 Å². The lowest BCUT2D eigenvalue weighted by molar-refractivity contribution is -0.136. The average Bonchev–Trinajstić information content (AvgIpc) is 3.68. The van der Waals surface area contributed by atoms with Crippen LogP contribution < -0.4 is 9.47 Å². The van der Waals surface area contributed by atoms with Crippen LogP contribution in [0.3, 0.4) is 0 Å². The summed E-state index contributed by atoms with van der Waals surface area (Å²) < 4.78 is 45.4. The van der Waals surface area contributed by atoms with Crippen LogP contribution in [-0.4, -0.2) is 59.3 Å². The molecular weight excluding hydrogens is 620 g/mol. The number of carboxylic acids is 1. The van der Waals surface area contributed by atoms with E-state index in [0.717, 1.165) is 50.1 Å². The van der Waals surface area contributed by atoms with Gasteiger partial charge in [0, 0.05) is 38.3 Å². The van der Waals surface area contributed by atoms with Crippen LogP contribution in [0.2, 0.25) is 0 Å². The van der Waals surface area contributed by atoms with Crippen LogP contribution in [-0.2, 0) is 37.5 Å². The number of carbonyl (C=O) groups is 1. The van der Waals surface area contributed by atoms with Crippen LogP contribution in [0, 0.1) is 23.0 Å². The number of ether oxygens (including phenoxy) is 2. The van der Waals surface area contributed by atoms with E-state index in [2.05, 4.69) is 14.9 Å². The molecule has 1 fully saturated rings. The summed E-state index contributed by atoms with van der Waals surface area (Å²) in [5, 5.41) is 18.1. The predicted molar refractivity (Wildman–Crippen MR) is 171 cm³/mol. The predicted octanol–water partition coefficient (Wildman–Crippen LogP) is 5.49. The second-order valence-electron chi connectivity index (χ2n) is 11.7. The number of rotatable bonds is 13. The maximum absolute atomic E-state index is 15.3. The van der Waals surface area contributed by atoms with E-state index in [1.165, 1.54) is 18.2 Å². The molecule has 5 aromatic rings. The number of carboxylic acid groups (broad SMARTS) is 1. The zero-order valence-electron chi connectivity index (χ0n) is 26.5. The molecule has 1 aliphatic heterocycles. The van der Waals surface area contributed by atoms with E-state index in [9.17, 15) is 9.18 Å². The number of pyridine rings is 1. The summed E-state index contributed by atoms with van der Waals surface area (Å²) >= 11 is 0. The van der Waals surface area contributed by atoms with E-state index in [0.29, 0.717) is 35.7 Å². The smallest absolute Gasteiger partial charge is 0.303 e. The molecule has 0 aliphatic carbocycles. The van der Waals surface area contributed by atoms with Crippen molar-refractivity contribution in [2.45, 2.75) is 65.0 Å². The van der Waals surface area contributed by atoms with Gasteiger partial charge < -0.3 is 23.7 Å². The first kappa shape index (κ1) is 32.6. The lowest BCUT2D eigenvalue weighted by Crippen LogP contribution is -2.38. The molecule has 48 heavy (non-hydrogen) atoms. The van der Waals surface area contributed by atoms with Crippen molar-refractivity contribution < 1.29 is 28.2 Å². The number of aryl methyl sites for hydroxylation is 2. The molecule has 1 N–H and O–H groups in total. The van der Waals surface area contributed by atoms with Gasteiger partial charge in [0.25, 0.3) is 0 Å². The Kier molecular flexibility index (Phi) is 9.91. The quantitative estimate of drug-likeness (QED) is 0.175. The van der Waals surface area contributed by atoms with Gasteiger partial charge in [0.2, 0.25) is 5.88 Å². The lowest BCUT2D eigenvalue weighted by atomic mass is 10.1. The molecule has 11 nitrogen and oxygen atoms in total. The highest BCUT2D eigenvalue weighted by Crippen LogP contribution is 2.26. The second kappa shape index (κ2) is 14.6. The van der Waals surface area contributed by atoms with Crippen LogP contribution in [0.4, 0.5) is 8.78 Å². The van der Waals surface area contributed by atoms with Crippen molar-refractivity contribution in [3.8, 4) is 17.7 Å². The molecule has 248 valence electrons. The van der Waals surface area contributed by atoms with E-state index in [1.54, 1.807) is 24.7 Å². The van der Waals surface area contributed by atoms with E-state index in [4.69, 9.17) is 24.8 Å². The van der Waals surface area contributed by atoms with Gasteiger partial charge >= 0.3 is 5.97 Å². The number of piperidine rings is 1. The molecule has 4 heterocycles. The van der Waals surface area contributed by atoms with E-state index in [1.807, 2.05) is 34.3 Å². The Labute approximate surface area is 276 Å². The molecule has 0 spiro atoms. The summed E-state index contributed by atoms with van der Waals surface area (Å²) in [5.41, 5.74) is 3.27. The fraction of sp³-hybridized carbons (Fsp3) is 0.343. The van der Waals surface area contributed by atoms with Gasteiger partial charge in [0.05, 0.1) is 48.0 Å². The van der Waals surface area contributed by atoms with Gasteiger partial charge in [0.1, 0.15) is 24.1 Å². The number of imidazole rings is 2. The van der Waals surface area contributed by atoms with Crippen molar-refractivity contribution in [2.24, 2.45) is 0 Å². The molecule has 0 radical (unpaired) electrons.